The molecule has 8 heteroatoms. The Morgan fingerprint density at radius 2 is 1.84 bits per heavy atom. The Morgan fingerprint density at radius 3 is 2.53 bits per heavy atom. The number of halogens is 2. The van der Waals surface area contributed by atoms with Gasteiger partial charge in [0.05, 0.1) is 13.7 Å². The Bertz CT molecular complexity index is 1250. The van der Waals surface area contributed by atoms with Gasteiger partial charge in [-0.15, -0.1) is 0 Å². The zero-order valence-electron chi connectivity index (χ0n) is 18.0. The van der Waals surface area contributed by atoms with Crippen molar-refractivity contribution in [3.05, 3.63) is 66.5 Å². The number of hydrogen-bond donors (Lipinski definition) is 0. The Kier molecular flexibility index (Phi) is 6.23. The lowest BCUT2D eigenvalue weighted by molar-refractivity contribution is 0.206. The molecule has 0 bridgehead atoms. The van der Waals surface area contributed by atoms with Crippen molar-refractivity contribution in [3.8, 4) is 28.3 Å². The van der Waals surface area contributed by atoms with Crippen molar-refractivity contribution < 1.29 is 18.3 Å². The van der Waals surface area contributed by atoms with Crippen molar-refractivity contribution in [1.29, 1.82) is 0 Å². The maximum atomic E-state index is 14.5. The van der Waals surface area contributed by atoms with Crippen LogP contribution in [0.1, 0.15) is 0 Å². The van der Waals surface area contributed by atoms with Gasteiger partial charge in [-0.2, -0.15) is 0 Å². The number of hydrogen-bond acceptors (Lipinski definition) is 6. The SMILES string of the molecule is COCCN(C)c1nc(-c2cccnc2)nc2c(OC)cc(-c3ccc(F)cc3F)cc12. The minimum absolute atomic E-state index is 0.258. The van der Waals surface area contributed by atoms with E-state index in [9.17, 15) is 8.78 Å². The minimum Gasteiger partial charge on any atom is -0.494 e. The zero-order valence-corrected chi connectivity index (χ0v) is 18.0. The predicted molar refractivity (Wildman–Crippen MR) is 120 cm³/mol. The number of rotatable bonds is 7. The summed E-state index contributed by atoms with van der Waals surface area (Å²) in [6, 6.07) is 10.7. The van der Waals surface area contributed by atoms with Crippen LogP contribution in [0.3, 0.4) is 0 Å². The number of nitrogens with zero attached hydrogens (tertiary/aromatic N) is 4. The summed E-state index contributed by atoms with van der Waals surface area (Å²) >= 11 is 0. The van der Waals surface area contributed by atoms with E-state index < -0.39 is 11.6 Å². The van der Waals surface area contributed by atoms with Gasteiger partial charge in [-0.25, -0.2) is 18.7 Å². The Morgan fingerprint density at radius 1 is 1.00 bits per heavy atom. The van der Waals surface area contributed by atoms with E-state index in [-0.39, 0.29) is 5.56 Å². The van der Waals surface area contributed by atoms with Gasteiger partial charge in [-0.05, 0) is 42.0 Å². The summed E-state index contributed by atoms with van der Waals surface area (Å²) in [5, 5.41) is 0.675. The molecule has 4 rings (SSSR count). The molecule has 2 aromatic heterocycles. The van der Waals surface area contributed by atoms with Crippen LogP contribution < -0.4 is 9.64 Å². The van der Waals surface area contributed by atoms with Crippen LogP contribution in [0.25, 0.3) is 33.4 Å². The second-order valence-electron chi connectivity index (χ2n) is 7.23. The molecule has 0 saturated carbocycles. The number of methoxy groups -OCH3 is 2. The number of pyridine rings is 1. The van der Waals surface area contributed by atoms with E-state index in [1.54, 1.807) is 31.6 Å². The first-order chi connectivity index (χ1) is 15.5. The Balaban J connectivity index is 1.98. The Labute approximate surface area is 184 Å². The van der Waals surface area contributed by atoms with Crippen LogP contribution >= 0.6 is 0 Å². The number of benzene rings is 2. The first-order valence-corrected chi connectivity index (χ1v) is 9.97. The van der Waals surface area contributed by atoms with Crippen molar-refractivity contribution in [2.24, 2.45) is 0 Å². The molecule has 32 heavy (non-hydrogen) atoms. The molecule has 0 unspecified atom stereocenters. The van der Waals surface area contributed by atoms with Gasteiger partial charge in [0, 0.05) is 55.7 Å². The highest BCUT2D eigenvalue weighted by Gasteiger charge is 2.19. The summed E-state index contributed by atoms with van der Waals surface area (Å²) in [4.78, 5) is 15.6. The molecule has 0 spiro atoms. The first kappa shape index (κ1) is 21.6. The maximum Gasteiger partial charge on any atom is 0.163 e. The van der Waals surface area contributed by atoms with E-state index in [4.69, 9.17) is 19.4 Å². The smallest absolute Gasteiger partial charge is 0.163 e. The third kappa shape index (κ3) is 4.22. The van der Waals surface area contributed by atoms with Crippen molar-refractivity contribution >= 4 is 16.7 Å². The molecule has 0 amide bonds. The maximum absolute atomic E-state index is 14.5. The molecular formula is C24H22F2N4O2. The summed E-state index contributed by atoms with van der Waals surface area (Å²) in [5.74, 6) is 0.282. The third-order valence-corrected chi connectivity index (χ3v) is 5.12. The van der Waals surface area contributed by atoms with Crippen LogP contribution in [-0.4, -0.2) is 49.4 Å². The van der Waals surface area contributed by atoms with Gasteiger partial charge in [0.25, 0.3) is 0 Å². The quantitative estimate of drug-likeness (QED) is 0.418. The molecule has 0 N–H and O–H groups in total. The summed E-state index contributed by atoms with van der Waals surface area (Å²) in [5.41, 5.74) is 2.12. The highest BCUT2D eigenvalue weighted by molar-refractivity contribution is 5.98. The van der Waals surface area contributed by atoms with Gasteiger partial charge in [0.1, 0.15) is 28.7 Å². The van der Waals surface area contributed by atoms with E-state index in [0.29, 0.717) is 47.0 Å². The fourth-order valence-corrected chi connectivity index (χ4v) is 3.47. The number of ether oxygens (including phenoxy) is 2. The molecule has 0 atom stereocenters. The second kappa shape index (κ2) is 9.23. The van der Waals surface area contributed by atoms with Gasteiger partial charge >= 0.3 is 0 Å². The van der Waals surface area contributed by atoms with Crippen LogP contribution in [0.5, 0.6) is 5.75 Å². The zero-order chi connectivity index (χ0) is 22.7. The fraction of sp³-hybridized carbons (Fsp3) is 0.208. The highest BCUT2D eigenvalue weighted by atomic mass is 19.1. The topological polar surface area (TPSA) is 60.4 Å². The molecule has 2 heterocycles. The summed E-state index contributed by atoms with van der Waals surface area (Å²) in [6.45, 7) is 1.07. The van der Waals surface area contributed by atoms with Crippen LogP contribution in [0.15, 0.2) is 54.9 Å². The number of aromatic nitrogens is 3. The van der Waals surface area contributed by atoms with Crippen LogP contribution in [0, 0.1) is 11.6 Å². The van der Waals surface area contributed by atoms with Gasteiger partial charge in [-0.3, -0.25) is 4.98 Å². The lowest BCUT2D eigenvalue weighted by Gasteiger charge is -2.21. The summed E-state index contributed by atoms with van der Waals surface area (Å²) in [6.07, 6.45) is 3.37. The normalized spacial score (nSPS) is 11.0. The average Bonchev–Trinajstić information content (AvgIpc) is 2.81. The monoisotopic (exact) mass is 436 g/mol. The molecule has 0 aliphatic heterocycles. The van der Waals surface area contributed by atoms with Crippen LogP contribution in [0.2, 0.25) is 0 Å². The molecular weight excluding hydrogens is 414 g/mol. The van der Waals surface area contributed by atoms with Gasteiger partial charge < -0.3 is 14.4 Å². The first-order valence-electron chi connectivity index (χ1n) is 9.97. The average molecular weight is 436 g/mol. The molecule has 4 aromatic rings. The lowest BCUT2D eigenvalue weighted by Crippen LogP contribution is -2.23. The molecule has 0 fully saturated rings. The highest BCUT2D eigenvalue weighted by Crippen LogP contribution is 2.37. The number of likely N-dealkylation sites (N-methyl/N-ethyl adjacent to an activating group) is 1. The molecule has 2 aromatic carbocycles. The molecule has 0 radical (unpaired) electrons. The van der Waals surface area contributed by atoms with Crippen LogP contribution in [-0.2, 0) is 4.74 Å². The summed E-state index contributed by atoms with van der Waals surface area (Å²) in [7, 11) is 5.05. The minimum atomic E-state index is -0.659. The second-order valence-corrected chi connectivity index (χ2v) is 7.23. The molecule has 0 aliphatic carbocycles. The van der Waals surface area contributed by atoms with E-state index >= 15 is 0 Å². The number of fused-ring (bicyclic) bond motifs is 1. The van der Waals surface area contributed by atoms with E-state index in [1.807, 2.05) is 24.1 Å². The van der Waals surface area contributed by atoms with Gasteiger partial charge in [0.15, 0.2) is 5.82 Å². The van der Waals surface area contributed by atoms with Gasteiger partial charge in [-0.1, -0.05) is 0 Å². The van der Waals surface area contributed by atoms with Crippen molar-refractivity contribution in [2.75, 3.05) is 39.3 Å². The molecule has 0 aliphatic rings. The van der Waals surface area contributed by atoms with E-state index in [2.05, 4.69) is 4.98 Å². The fourth-order valence-electron chi connectivity index (χ4n) is 3.47. The largest absolute Gasteiger partial charge is 0.494 e. The molecule has 164 valence electrons. The standard InChI is InChI=1S/C24H22F2N4O2/c1-30(9-10-31-2)24-19-11-16(18-7-6-17(25)13-20(18)26)12-21(32-3)22(19)28-23(29-24)15-5-4-8-27-14-15/h4-8,11-14H,9-10H2,1-3H3. The number of anilines is 1. The third-order valence-electron chi connectivity index (χ3n) is 5.12. The summed E-state index contributed by atoms with van der Waals surface area (Å²) < 4.78 is 38.8. The van der Waals surface area contributed by atoms with E-state index in [0.717, 1.165) is 11.6 Å². The Hall–Kier alpha value is -3.65. The lowest BCUT2D eigenvalue weighted by atomic mass is 10.0. The molecule has 0 saturated heterocycles. The van der Waals surface area contributed by atoms with E-state index in [1.165, 1.54) is 19.2 Å². The van der Waals surface area contributed by atoms with Crippen LogP contribution in [0.4, 0.5) is 14.6 Å². The van der Waals surface area contributed by atoms with Crippen molar-refractivity contribution in [3.63, 3.8) is 0 Å². The predicted octanol–water partition coefficient (Wildman–Crippen LogP) is 4.73. The van der Waals surface area contributed by atoms with Crippen molar-refractivity contribution in [2.45, 2.75) is 0 Å². The molecule has 6 nitrogen and oxygen atoms in total. The van der Waals surface area contributed by atoms with Gasteiger partial charge in [0.2, 0.25) is 0 Å². The van der Waals surface area contributed by atoms with Crippen molar-refractivity contribution in [1.82, 2.24) is 15.0 Å².